The molecule has 0 atom stereocenters. The van der Waals surface area contributed by atoms with Crippen LogP contribution >= 0.6 is 0 Å². The maximum Gasteiger partial charge on any atom is 0.316 e. The second-order valence-electron chi connectivity index (χ2n) is 3.91. The lowest BCUT2D eigenvalue weighted by atomic mass is 10.2. The molecule has 8 heteroatoms. The van der Waals surface area contributed by atoms with Gasteiger partial charge in [0.05, 0.1) is 4.92 Å². The van der Waals surface area contributed by atoms with E-state index < -0.39 is 15.7 Å². The lowest BCUT2D eigenvalue weighted by Gasteiger charge is -2.28. The number of rotatable bonds is 3. The van der Waals surface area contributed by atoms with E-state index in [0.717, 1.165) is 0 Å². The van der Waals surface area contributed by atoms with Gasteiger partial charge in [-0.2, -0.15) is 0 Å². The highest BCUT2D eigenvalue weighted by Crippen LogP contribution is 2.35. The van der Waals surface area contributed by atoms with Crippen LogP contribution in [0.25, 0.3) is 0 Å². The number of nitro benzene ring substituents is 1. The molecule has 0 spiro atoms. The molecule has 0 bridgehead atoms. The molecule has 1 aromatic rings. The van der Waals surface area contributed by atoms with E-state index in [-0.39, 0.29) is 11.4 Å². The summed E-state index contributed by atoms with van der Waals surface area (Å²) in [6, 6.07) is 4.96. The summed E-state index contributed by atoms with van der Waals surface area (Å²) in [6.07, 6.45) is 0. The molecule has 1 saturated heterocycles. The van der Waals surface area contributed by atoms with Gasteiger partial charge in [-0.25, -0.2) is 0 Å². The highest BCUT2D eigenvalue weighted by molar-refractivity contribution is 7.85. The molecule has 1 fully saturated rings. The molecule has 1 aliphatic heterocycles. The Morgan fingerprint density at radius 1 is 1.39 bits per heavy atom. The summed E-state index contributed by atoms with van der Waals surface area (Å²) in [5, 5.41) is 11.1. The van der Waals surface area contributed by atoms with Crippen molar-refractivity contribution in [1.82, 2.24) is 0 Å². The molecule has 1 aliphatic rings. The zero-order valence-electron chi connectivity index (χ0n) is 9.67. The molecule has 0 aliphatic carbocycles. The van der Waals surface area contributed by atoms with E-state index in [2.05, 4.69) is 5.43 Å². The van der Waals surface area contributed by atoms with Crippen molar-refractivity contribution in [3.8, 4) is 0 Å². The summed E-state index contributed by atoms with van der Waals surface area (Å²) in [7, 11) is -0.811. The van der Waals surface area contributed by atoms with Crippen molar-refractivity contribution in [2.24, 2.45) is 5.84 Å². The van der Waals surface area contributed by atoms with Gasteiger partial charge >= 0.3 is 5.69 Å². The molecule has 3 N–H and O–H groups in total. The van der Waals surface area contributed by atoms with Gasteiger partial charge in [0.25, 0.3) is 0 Å². The van der Waals surface area contributed by atoms with Crippen LogP contribution in [0.4, 0.5) is 17.1 Å². The fraction of sp³-hybridized carbons (Fsp3) is 0.400. The van der Waals surface area contributed by atoms with Gasteiger partial charge in [0.2, 0.25) is 0 Å². The molecule has 98 valence electrons. The van der Waals surface area contributed by atoms with Crippen LogP contribution in [-0.4, -0.2) is 33.7 Å². The van der Waals surface area contributed by atoms with Crippen LogP contribution in [0.1, 0.15) is 0 Å². The van der Waals surface area contributed by atoms with Crippen molar-refractivity contribution in [3.63, 3.8) is 0 Å². The molecular weight excluding hydrogens is 256 g/mol. The number of nitro groups is 1. The lowest BCUT2D eigenvalue weighted by molar-refractivity contribution is -0.383. The van der Waals surface area contributed by atoms with E-state index in [1.165, 1.54) is 0 Å². The van der Waals surface area contributed by atoms with Gasteiger partial charge in [-0.1, -0.05) is 6.07 Å². The second kappa shape index (κ2) is 5.32. The number of hydrogen-bond acceptors (Lipinski definition) is 6. The molecule has 2 rings (SSSR count). The minimum atomic E-state index is -0.811. The predicted molar refractivity (Wildman–Crippen MR) is 71.0 cm³/mol. The number of para-hydroxylation sites is 1. The average Bonchev–Trinajstić information content (AvgIpc) is 2.38. The van der Waals surface area contributed by atoms with Gasteiger partial charge in [0.1, 0.15) is 11.4 Å². The number of nitrogens with two attached hydrogens (primary N) is 1. The molecule has 7 nitrogen and oxygen atoms in total. The number of anilines is 2. The van der Waals surface area contributed by atoms with E-state index in [1.807, 2.05) is 4.90 Å². The highest BCUT2D eigenvalue weighted by Gasteiger charge is 2.25. The summed E-state index contributed by atoms with van der Waals surface area (Å²) in [6.45, 7) is 1.11. The van der Waals surface area contributed by atoms with Gasteiger partial charge < -0.3 is 10.3 Å². The first kappa shape index (κ1) is 12.8. The third kappa shape index (κ3) is 2.44. The summed E-state index contributed by atoms with van der Waals surface area (Å²) >= 11 is 0. The number of nitrogens with zero attached hydrogens (tertiary/aromatic N) is 2. The van der Waals surface area contributed by atoms with Crippen molar-refractivity contribution in [3.05, 3.63) is 28.3 Å². The minimum Gasteiger partial charge on any atom is -0.364 e. The van der Waals surface area contributed by atoms with Crippen LogP contribution in [0.15, 0.2) is 18.2 Å². The quantitative estimate of drug-likeness (QED) is 0.470. The predicted octanol–water partition coefficient (Wildman–Crippen LogP) is 0.449. The molecule has 0 unspecified atom stereocenters. The second-order valence-corrected chi connectivity index (χ2v) is 5.61. The monoisotopic (exact) mass is 270 g/mol. The zero-order valence-corrected chi connectivity index (χ0v) is 10.5. The SMILES string of the molecule is NNc1cccc(N2CCS(=O)CC2)c1[N+](=O)[O-]. The van der Waals surface area contributed by atoms with Gasteiger partial charge in [-0.15, -0.1) is 0 Å². The maximum atomic E-state index is 11.3. The Balaban J connectivity index is 2.37. The Hall–Kier alpha value is -1.67. The smallest absolute Gasteiger partial charge is 0.316 e. The topological polar surface area (TPSA) is 102 Å². The Morgan fingerprint density at radius 3 is 2.61 bits per heavy atom. The summed E-state index contributed by atoms with van der Waals surface area (Å²) in [5.41, 5.74) is 3.10. The third-order valence-corrected chi connectivity index (χ3v) is 4.15. The number of benzene rings is 1. The number of nitrogen functional groups attached to an aromatic ring is 1. The summed E-state index contributed by atoms with van der Waals surface area (Å²) in [5.74, 6) is 6.37. The number of hydrazine groups is 1. The first-order valence-corrected chi connectivity index (χ1v) is 6.96. The Morgan fingerprint density at radius 2 is 2.06 bits per heavy atom. The van der Waals surface area contributed by atoms with Gasteiger partial charge in [0, 0.05) is 35.4 Å². The van der Waals surface area contributed by atoms with Crippen LogP contribution < -0.4 is 16.2 Å². The zero-order chi connectivity index (χ0) is 13.1. The number of hydrogen-bond donors (Lipinski definition) is 2. The van der Waals surface area contributed by atoms with Crippen LogP contribution in [0, 0.1) is 10.1 Å². The van der Waals surface area contributed by atoms with E-state index in [0.29, 0.717) is 30.3 Å². The fourth-order valence-electron chi connectivity index (χ4n) is 1.97. The first-order chi connectivity index (χ1) is 8.63. The standard InChI is InChI=1S/C10H14N4O3S/c11-12-8-2-1-3-9(10(8)14(15)16)13-4-6-18(17)7-5-13/h1-3,12H,4-7,11H2. The van der Waals surface area contributed by atoms with E-state index in [9.17, 15) is 14.3 Å². The Labute approximate surface area is 107 Å². The molecular formula is C10H14N4O3S. The van der Waals surface area contributed by atoms with E-state index in [4.69, 9.17) is 5.84 Å². The molecule has 1 heterocycles. The molecule has 18 heavy (non-hydrogen) atoms. The molecule has 1 aromatic carbocycles. The minimum absolute atomic E-state index is 0.0346. The molecule has 0 aromatic heterocycles. The van der Waals surface area contributed by atoms with Crippen molar-refractivity contribution in [2.75, 3.05) is 34.9 Å². The first-order valence-electron chi connectivity index (χ1n) is 5.47. The largest absolute Gasteiger partial charge is 0.364 e. The maximum absolute atomic E-state index is 11.3. The van der Waals surface area contributed by atoms with Crippen molar-refractivity contribution in [2.45, 2.75) is 0 Å². The third-order valence-electron chi connectivity index (χ3n) is 2.87. The average molecular weight is 270 g/mol. The van der Waals surface area contributed by atoms with Gasteiger partial charge in [0.15, 0.2) is 0 Å². The summed E-state index contributed by atoms with van der Waals surface area (Å²) < 4.78 is 11.3. The highest BCUT2D eigenvalue weighted by atomic mass is 32.2. The normalized spacial score (nSPS) is 16.6. The Kier molecular flexibility index (Phi) is 3.78. The fourth-order valence-corrected chi connectivity index (χ4v) is 3.03. The van der Waals surface area contributed by atoms with Gasteiger partial charge in [-0.05, 0) is 12.1 Å². The van der Waals surface area contributed by atoms with Crippen molar-refractivity contribution in [1.29, 1.82) is 0 Å². The van der Waals surface area contributed by atoms with Crippen molar-refractivity contribution < 1.29 is 9.13 Å². The summed E-state index contributed by atoms with van der Waals surface area (Å²) in [4.78, 5) is 12.6. The van der Waals surface area contributed by atoms with Crippen LogP contribution in [-0.2, 0) is 10.8 Å². The van der Waals surface area contributed by atoms with Crippen molar-refractivity contribution >= 4 is 27.9 Å². The van der Waals surface area contributed by atoms with E-state index in [1.54, 1.807) is 18.2 Å². The Bertz CT molecular complexity index is 484. The van der Waals surface area contributed by atoms with Crippen LogP contribution in [0.2, 0.25) is 0 Å². The molecule has 0 radical (unpaired) electrons. The van der Waals surface area contributed by atoms with E-state index >= 15 is 0 Å². The van der Waals surface area contributed by atoms with Crippen LogP contribution in [0.3, 0.4) is 0 Å². The molecule has 0 amide bonds. The molecule has 0 saturated carbocycles. The number of nitrogens with one attached hydrogen (secondary N) is 1. The lowest BCUT2D eigenvalue weighted by Crippen LogP contribution is -2.38. The van der Waals surface area contributed by atoms with Crippen LogP contribution in [0.5, 0.6) is 0 Å². The van der Waals surface area contributed by atoms with Gasteiger partial charge in [-0.3, -0.25) is 20.2 Å².